The second kappa shape index (κ2) is 3.66. The summed E-state index contributed by atoms with van der Waals surface area (Å²) in [4.78, 5) is 11.4. The minimum Gasteiger partial charge on any atom is -0.454 e. The number of carbonyl (C=O) groups is 1. The van der Waals surface area contributed by atoms with Crippen molar-refractivity contribution in [3.8, 4) is 0 Å². The Kier molecular flexibility index (Phi) is 2.49. The molecule has 0 aromatic heterocycles. The standard InChI is InChI=1S/C12H14O3/c1-12(10-5-3-2-4-6-10)7-9(8-13)11(14)15-12/h2-6,9,13H,7-8H2,1H3/t9-,12+/m0/s1. The molecule has 1 heterocycles. The SMILES string of the molecule is C[C@]1(c2ccccc2)C[C@@H](CO)C(=O)O1. The molecule has 0 unspecified atom stereocenters. The first-order valence-electron chi connectivity index (χ1n) is 5.05. The number of esters is 1. The Balaban J connectivity index is 2.27. The van der Waals surface area contributed by atoms with Crippen LogP contribution >= 0.6 is 0 Å². The summed E-state index contributed by atoms with van der Waals surface area (Å²) in [5.74, 6) is -0.681. The molecule has 0 radical (unpaired) electrons. The first-order chi connectivity index (χ1) is 7.15. The number of aliphatic hydroxyl groups excluding tert-OH is 1. The van der Waals surface area contributed by atoms with E-state index < -0.39 is 5.60 Å². The average Bonchev–Trinajstić information content (AvgIpc) is 2.56. The zero-order valence-electron chi connectivity index (χ0n) is 8.64. The van der Waals surface area contributed by atoms with Gasteiger partial charge in [-0.1, -0.05) is 30.3 Å². The predicted molar refractivity (Wildman–Crippen MR) is 55.1 cm³/mol. The highest BCUT2D eigenvalue weighted by Gasteiger charge is 2.44. The Morgan fingerprint density at radius 1 is 1.47 bits per heavy atom. The largest absolute Gasteiger partial charge is 0.454 e. The summed E-state index contributed by atoms with van der Waals surface area (Å²) in [5.41, 5.74) is 0.403. The topological polar surface area (TPSA) is 46.5 Å². The van der Waals surface area contributed by atoms with Gasteiger partial charge in [-0.15, -0.1) is 0 Å². The molecule has 1 N–H and O–H groups in total. The third-order valence-electron chi connectivity index (χ3n) is 2.90. The van der Waals surface area contributed by atoms with Gasteiger partial charge in [-0.25, -0.2) is 0 Å². The number of hydrogen-bond donors (Lipinski definition) is 1. The Hall–Kier alpha value is -1.35. The van der Waals surface area contributed by atoms with E-state index in [0.29, 0.717) is 6.42 Å². The summed E-state index contributed by atoms with van der Waals surface area (Å²) >= 11 is 0. The Morgan fingerprint density at radius 2 is 2.13 bits per heavy atom. The predicted octanol–water partition coefficient (Wildman–Crippen LogP) is 1.46. The van der Waals surface area contributed by atoms with Gasteiger partial charge in [0.05, 0.1) is 12.5 Å². The van der Waals surface area contributed by atoms with Gasteiger partial charge >= 0.3 is 5.97 Å². The van der Waals surface area contributed by atoms with Gasteiger partial charge in [0.15, 0.2) is 0 Å². The number of cyclic esters (lactones) is 1. The molecule has 0 amide bonds. The van der Waals surface area contributed by atoms with Crippen molar-refractivity contribution >= 4 is 5.97 Å². The van der Waals surface area contributed by atoms with Crippen molar-refractivity contribution in [3.63, 3.8) is 0 Å². The molecule has 1 aromatic carbocycles. The maximum atomic E-state index is 11.4. The maximum absolute atomic E-state index is 11.4. The molecule has 80 valence electrons. The lowest BCUT2D eigenvalue weighted by atomic mass is 9.89. The van der Waals surface area contributed by atoms with Crippen molar-refractivity contribution in [3.05, 3.63) is 35.9 Å². The van der Waals surface area contributed by atoms with E-state index in [2.05, 4.69) is 0 Å². The van der Waals surface area contributed by atoms with Crippen molar-refractivity contribution in [1.82, 2.24) is 0 Å². The van der Waals surface area contributed by atoms with Crippen molar-refractivity contribution in [2.45, 2.75) is 18.9 Å². The van der Waals surface area contributed by atoms with Crippen LogP contribution in [0.4, 0.5) is 0 Å². The van der Waals surface area contributed by atoms with Crippen molar-refractivity contribution in [1.29, 1.82) is 0 Å². The van der Waals surface area contributed by atoms with Crippen LogP contribution in [0, 0.1) is 5.92 Å². The molecule has 2 atom stereocenters. The number of benzene rings is 1. The van der Waals surface area contributed by atoms with Crippen LogP contribution < -0.4 is 0 Å². The van der Waals surface area contributed by atoms with Gasteiger partial charge in [0.2, 0.25) is 0 Å². The lowest BCUT2D eigenvalue weighted by molar-refractivity contribution is -0.150. The molecule has 0 saturated carbocycles. The van der Waals surface area contributed by atoms with Crippen molar-refractivity contribution < 1.29 is 14.6 Å². The summed E-state index contributed by atoms with van der Waals surface area (Å²) in [6, 6.07) is 9.63. The minimum atomic E-state index is -0.578. The highest BCUT2D eigenvalue weighted by molar-refractivity contribution is 5.75. The molecule has 1 aliphatic heterocycles. The highest BCUT2D eigenvalue weighted by Crippen LogP contribution is 2.38. The summed E-state index contributed by atoms with van der Waals surface area (Å²) in [5, 5.41) is 9.01. The zero-order valence-corrected chi connectivity index (χ0v) is 8.64. The highest BCUT2D eigenvalue weighted by atomic mass is 16.6. The van der Waals surface area contributed by atoms with Gasteiger partial charge < -0.3 is 9.84 Å². The molecular formula is C12H14O3. The number of ether oxygens (including phenoxy) is 1. The van der Waals surface area contributed by atoms with Crippen molar-refractivity contribution in [2.24, 2.45) is 5.92 Å². The van der Waals surface area contributed by atoms with Gasteiger partial charge in [0.25, 0.3) is 0 Å². The number of hydrogen-bond acceptors (Lipinski definition) is 3. The molecule has 1 aromatic rings. The average molecular weight is 206 g/mol. The first kappa shape index (κ1) is 10.2. The van der Waals surface area contributed by atoms with Crippen LogP contribution in [0.25, 0.3) is 0 Å². The Bertz CT molecular complexity index is 360. The van der Waals surface area contributed by atoms with E-state index in [1.807, 2.05) is 37.3 Å². The molecule has 1 aliphatic rings. The second-order valence-corrected chi connectivity index (χ2v) is 4.10. The summed E-state index contributed by atoms with van der Waals surface area (Å²) in [6.07, 6.45) is 0.548. The smallest absolute Gasteiger partial charge is 0.312 e. The number of rotatable bonds is 2. The van der Waals surface area contributed by atoms with E-state index in [9.17, 15) is 4.79 Å². The third-order valence-corrected chi connectivity index (χ3v) is 2.90. The van der Waals surface area contributed by atoms with E-state index in [-0.39, 0.29) is 18.5 Å². The van der Waals surface area contributed by atoms with Crippen molar-refractivity contribution in [2.75, 3.05) is 6.61 Å². The normalized spacial score (nSPS) is 30.3. The molecule has 0 spiro atoms. The van der Waals surface area contributed by atoms with Gasteiger partial charge in [-0.05, 0) is 12.5 Å². The van der Waals surface area contributed by atoms with Gasteiger partial charge in [0, 0.05) is 6.42 Å². The molecule has 15 heavy (non-hydrogen) atoms. The van der Waals surface area contributed by atoms with E-state index >= 15 is 0 Å². The van der Waals surface area contributed by atoms with Crippen LogP contribution in [0.5, 0.6) is 0 Å². The van der Waals surface area contributed by atoms with Crippen LogP contribution in [-0.2, 0) is 15.1 Å². The summed E-state index contributed by atoms with van der Waals surface area (Å²) in [6.45, 7) is 1.75. The lowest BCUT2D eigenvalue weighted by Gasteiger charge is -2.22. The fourth-order valence-corrected chi connectivity index (χ4v) is 2.01. The molecule has 3 heteroatoms. The van der Waals surface area contributed by atoms with Crippen LogP contribution in [0.15, 0.2) is 30.3 Å². The molecule has 3 nitrogen and oxygen atoms in total. The molecule has 0 aliphatic carbocycles. The molecule has 2 rings (SSSR count). The molecular weight excluding hydrogens is 192 g/mol. The monoisotopic (exact) mass is 206 g/mol. The first-order valence-corrected chi connectivity index (χ1v) is 5.05. The lowest BCUT2D eigenvalue weighted by Crippen LogP contribution is -2.20. The van der Waals surface area contributed by atoms with Crippen LogP contribution in [-0.4, -0.2) is 17.7 Å². The zero-order chi connectivity index (χ0) is 10.9. The second-order valence-electron chi connectivity index (χ2n) is 4.10. The molecule has 1 saturated heterocycles. The van der Waals surface area contributed by atoms with Crippen LogP contribution in [0.3, 0.4) is 0 Å². The minimum absolute atomic E-state index is 0.138. The van der Waals surface area contributed by atoms with E-state index in [0.717, 1.165) is 5.56 Å². The Morgan fingerprint density at radius 3 is 2.67 bits per heavy atom. The van der Waals surface area contributed by atoms with E-state index in [1.165, 1.54) is 0 Å². The molecule has 0 bridgehead atoms. The fourth-order valence-electron chi connectivity index (χ4n) is 2.01. The quantitative estimate of drug-likeness (QED) is 0.745. The van der Waals surface area contributed by atoms with E-state index in [1.54, 1.807) is 0 Å². The van der Waals surface area contributed by atoms with Crippen LogP contribution in [0.2, 0.25) is 0 Å². The third kappa shape index (κ3) is 1.75. The fraction of sp³-hybridized carbons (Fsp3) is 0.417. The van der Waals surface area contributed by atoms with Gasteiger partial charge in [-0.2, -0.15) is 0 Å². The van der Waals surface area contributed by atoms with Gasteiger partial charge in [0.1, 0.15) is 5.60 Å². The van der Waals surface area contributed by atoms with E-state index in [4.69, 9.17) is 9.84 Å². The Labute approximate surface area is 88.7 Å². The number of aliphatic hydroxyl groups is 1. The maximum Gasteiger partial charge on any atom is 0.312 e. The molecule has 1 fully saturated rings. The van der Waals surface area contributed by atoms with Crippen LogP contribution in [0.1, 0.15) is 18.9 Å². The summed E-state index contributed by atoms with van der Waals surface area (Å²) < 4.78 is 5.34. The van der Waals surface area contributed by atoms with Gasteiger partial charge in [-0.3, -0.25) is 4.79 Å². The number of carbonyl (C=O) groups excluding carboxylic acids is 1. The summed E-state index contributed by atoms with van der Waals surface area (Å²) in [7, 11) is 0.